The van der Waals surface area contributed by atoms with Gasteiger partial charge in [0.25, 0.3) is 5.91 Å². The molecular weight excluding hydrogens is 426 g/mol. The Kier molecular flexibility index (Phi) is 5.39. The van der Waals surface area contributed by atoms with Crippen molar-refractivity contribution in [3.8, 4) is 11.5 Å². The van der Waals surface area contributed by atoms with E-state index in [0.717, 1.165) is 14.5 Å². The molecule has 8 nitrogen and oxygen atoms in total. The highest BCUT2D eigenvalue weighted by Crippen LogP contribution is 2.35. The molecule has 0 aliphatic carbocycles. The number of hydrogen-bond donors (Lipinski definition) is 0. The van der Waals surface area contributed by atoms with Crippen molar-refractivity contribution in [2.45, 2.75) is 18.4 Å². The molecule has 0 saturated carbocycles. The quantitative estimate of drug-likeness (QED) is 0.613. The number of fused-ring (bicyclic) bond motifs is 2. The summed E-state index contributed by atoms with van der Waals surface area (Å²) in [5.74, 6) is 0.938. The Morgan fingerprint density at radius 3 is 2.37 bits per heavy atom. The first-order valence-electron chi connectivity index (χ1n) is 9.36. The second-order valence-electron chi connectivity index (χ2n) is 6.82. The minimum Gasteiger partial charge on any atom is -0.486 e. The summed E-state index contributed by atoms with van der Waals surface area (Å²) in [6.45, 7) is 3.62. The lowest BCUT2D eigenvalue weighted by Crippen LogP contribution is -2.22. The van der Waals surface area contributed by atoms with E-state index < -0.39 is 15.9 Å². The fourth-order valence-electron chi connectivity index (χ4n) is 3.13. The van der Waals surface area contributed by atoms with Gasteiger partial charge in [0.1, 0.15) is 13.2 Å². The van der Waals surface area contributed by atoms with Crippen molar-refractivity contribution in [2.75, 3.05) is 27.3 Å². The van der Waals surface area contributed by atoms with E-state index >= 15 is 0 Å². The molecule has 3 aromatic rings. The molecule has 0 saturated heterocycles. The minimum atomic E-state index is -3.55. The van der Waals surface area contributed by atoms with Crippen molar-refractivity contribution in [1.29, 1.82) is 0 Å². The first-order valence-corrected chi connectivity index (χ1v) is 11.6. The Hall–Kier alpha value is -2.69. The zero-order valence-electron chi connectivity index (χ0n) is 16.8. The van der Waals surface area contributed by atoms with Crippen molar-refractivity contribution < 1.29 is 22.7 Å². The predicted molar refractivity (Wildman–Crippen MR) is 114 cm³/mol. The minimum absolute atomic E-state index is 0.125. The van der Waals surface area contributed by atoms with Crippen LogP contribution in [-0.2, 0) is 16.6 Å². The lowest BCUT2D eigenvalue weighted by Gasteiger charge is -2.18. The van der Waals surface area contributed by atoms with Crippen molar-refractivity contribution in [2.24, 2.45) is 4.99 Å². The van der Waals surface area contributed by atoms with Crippen LogP contribution in [0.15, 0.2) is 46.3 Å². The van der Waals surface area contributed by atoms with E-state index in [1.807, 2.05) is 23.6 Å². The lowest BCUT2D eigenvalue weighted by molar-refractivity contribution is 0.0997. The summed E-state index contributed by atoms with van der Waals surface area (Å²) in [6, 6.07) is 9.61. The Labute approximate surface area is 178 Å². The molecule has 2 heterocycles. The van der Waals surface area contributed by atoms with Crippen LogP contribution in [0.1, 0.15) is 17.3 Å². The molecule has 4 rings (SSSR count). The highest BCUT2D eigenvalue weighted by atomic mass is 32.2. The molecule has 0 atom stereocenters. The average Bonchev–Trinajstić information content (AvgIpc) is 3.07. The number of benzene rings is 2. The Morgan fingerprint density at radius 2 is 1.77 bits per heavy atom. The number of sulfonamides is 1. The average molecular weight is 448 g/mol. The maximum atomic E-state index is 12.7. The summed E-state index contributed by atoms with van der Waals surface area (Å²) in [5.41, 5.74) is 1.24. The highest BCUT2D eigenvalue weighted by molar-refractivity contribution is 7.89. The molecule has 0 fully saturated rings. The standard InChI is InChI=1S/C20H21N3O5S2/c1-4-23-15-11-16-17(28-10-9-27-16)12-18(15)29-20(23)21-19(24)13-5-7-14(8-6-13)30(25,26)22(2)3/h5-8,11-12H,4,9-10H2,1-3H3. The summed E-state index contributed by atoms with van der Waals surface area (Å²) in [6.07, 6.45) is 0. The molecule has 10 heteroatoms. The van der Waals surface area contributed by atoms with Crippen LogP contribution in [-0.4, -0.2) is 50.5 Å². The third-order valence-corrected chi connectivity index (χ3v) is 7.61. The topological polar surface area (TPSA) is 90.2 Å². The Morgan fingerprint density at radius 1 is 1.13 bits per heavy atom. The predicted octanol–water partition coefficient (Wildman–Crippen LogP) is 2.49. The molecule has 0 bridgehead atoms. The normalized spacial score (nSPS) is 14.5. The van der Waals surface area contributed by atoms with Gasteiger partial charge in [0.15, 0.2) is 16.3 Å². The molecule has 158 valence electrons. The van der Waals surface area contributed by atoms with E-state index in [1.165, 1.54) is 49.7 Å². The third kappa shape index (κ3) is 3.62. The van der Waals surface area contributed by atoms with Gasteiger partial charge in [-0.2, -0.15) is 4.99 Å². The smallest absolute Gasteiger partial charge is 0.279 e. The maximum absolute atomic E-state index is 12.7. The van der Waals surface area contributed by atoms with Crippen LogP contribution in [0.3, 0.4) is 0 Å². The van der Waals surface area contributed by atoms with Gasteiger partial charge in [-0.25, -0.2) is 12.7 Å². The van der Waals surface area contributed by atoms with Crippen molar-refractivity contribution in [3.05, 3.63) is 46.8 Å². The second kappa shape index (κ2) is 7.86. The van der Waals surface area contributed by atoms with Gasteiger partial charge in [-0.3, -0.25) is 4.79 Å². The number of hydrogen-bond acceptors (Lipinski definition) is 6. The zero-order valence-corrected chi connectivity index (χ0v) is 18.4. The van der Waals surface area contributed by atoms with E-state index in [2.05, 4.69) is 4.99 Å². The van der Waals surface area contributed by atoms with Gasteiger partial charge in [0.05, 0.1) is 15.1 Å². The van der Waals surface area contributed by atoms with Crippen LogP contribution < -0.4 is 14.3 Å². The summed E-state index contributed by atoms with van der Waals surface area (Å²) in [4.78, 5) is 17.7. The first-order chi connectivity index (χ1) is 14.3. The molecular formula is C20H21N3O5S2. The van der Waals surface area contributed by atoms with Crippen molar-refractivity contribution in [3.63, 3.8) is 0 Å². The van der Waals surface area contributed by atoms with Crippen LogP contribution in [0, 0.1) is 0 Å². The van der Waals surface area contributed by atoms with E-state index in [-0.39, 0.29) is 4.90 Å². The highest BCUT2D eigenvalue weighted by Gasteiger charge is 2.18. The number of ether oxygens (including phenoxy) is 2. The first kappa shape index (κ1) is 20.6. The van der Waals surface area contributed by atoms with E-state index in [4.69, 9.17) is 9.47 Å². The molecule has 0 spiro atoms. The second-order valence-corrected chi connectivity index (χ2v) is 9.98. The zero-order chi connectivity index (χ0) is 21.5. The maximum Gasteiger partial charge on any atom is 0.279 e. The van der Waals surface area contributed by atoms with Gasteiger partial charge in [0.2, 0.25) is 10.0 Å². The molecule has 1 amide bonds. The Bertz CT molecular complexity index is 1290. The molecule has 0 N–H and O–H groups in total. The number of aromatic nitrogens is 1. The van der Waals surface area contributed by atoms with Gasteiger partial charge >= 0.3 is 0 Å². The lowest BCUT2D eigenvalue weighted by atomic mass is 10.2. The van der Waals surface area contributed by atoms with Crippen molar-refractivity contribution in [1.82, 2.24) is 8.87 Å². The van der Waals surface area contributed by atoms with Crippen LogP contribution in [0.2, 0.25) is 0 Å². The molecule has 1 aliphatic heterocycles. The molecule has 0 unspecified atom stereocenters. The third-order valence-electron chi connectivity index (χ3n) is 4.74. The van der Waals surface area contributed by atoms with E-state index in [9.17, 15) is 13.2 Å². The van der Waals surface area contributed by atoms with E-state index in [1.54, 1.807) is 0 Å². The van der Waals surface area contributed by atoms with Gasteiger partial charge in [-0.05, 0) is 31.2 Å². The molecule has 30 heavy (non-hydrogen) atoms. The van der Waals surface area contributed by atoms with Gasteiger partial charge in [-0.15, -0.1) is 0 Å². The number of thiazole rings is 1. The van der Waals surface area contributed by atoms with Crippen LogP contribution >= 0.6 is 11.3 Å². The number of aryl methyl sites for hydroxylation is 1. The molecule has 1 aliphatic rings. The molecule has 2 aromatic carbocycles. The summed E-state index contributed by atoms with van der Waals surface area (Å²) >= 11 is 1.39. The Balaban J connectivity index is 1.73. The van der Waals surface area contributed by atoms with Gasteiger partial charge < -0.3 is 14.0 Å². The number of carbonyl (C=O) groups is 1. The number of rotatable bonds is 4. The SMILES string of the molecule is CCn1c(=NC(=O)c2ccc(S(=O)(=O)N(C)C)cc2)sc2cc3c(cc21)OCCO3. The summed E-state index contributed by atoms with van der Waals surface area (Å²) in [7, 11) is -0.627. The fraction of sp³-hybridized carbons (Fsp3) is 0.300. The summed E-state index contributed by atoms with van der Waals surface area (Å²) < 4.78 is 39.7. The van der Waals surface area contributed by atoms with Crippen LogP contribution in [0.4, 0.5) is 0 Å². The van der Waals surface area contributed by atoms with Gasteiger partial charge in [-0.1, -0.05) is 11.3 Å². The monoisotopic (exact) mass is 447 g/mol. The number of nitrogens with zero attached hydrogens (tertiary/aromatic N) is 3. The van der Waals surface area contributed by atoms with E-state index in [0.29, 0.717) is 41.6 Å². The molecule has 1 aromatic heterocycles. The summed E-state index contributed by atoms with van der Waals surface area (Å²) in [5, 5.41) is 0. The number of carbonyl (C=O) groups excluding carboxylic acids is 1. The van der Waals surface area contributed by atoms with Crippen molar-refractivity contribution >= 4 is 37.5 Å². The molecule has 0 radical (unpaired) electrons. The van der Waals surface area contributed by atoms with Crippen LogP contribution in [0.5, 0.6) is 11.5 Å². The number of amides is 1. The van der Waals surface area contributed by atoms with Crippen LogP contribution in [0.25, 0.3) is 10.2 Å². The van der Waals surface area contributed by atoms with Gasteiger partial charge in [0, 0.05) is 38.3 Å². The largest absolute Gasteiger partial charge is 0.486 e. The fourth-order valence-corrected chi connectivity index (χ4v) is 5.13.